The molecular formula is C15H13Br2NO2S. The Morgan fingerprint density at radius 1 is 1.14 bits per heavy atom. The van der Waals surface area contributed by atoms with E-state index >= 15 is 0 Å². The zero-order chi connectivity index (χ0) is 15.4. The minimum Gasteiger partial charge on any atom is -0.496 e. The van der Waals surface area contributed by atoms with Gasteiger partial charge in [-0.25, -0.2) is 0 Å². The maximum atomic E-state index is 5.85. The lowest BCUT2D eigenvalue weighted by Crippen LogP contribution is -2.13. The quantitative estimate of drug-likeness (QED) is 0.712. The first-order valence-electron chi connectivity index (χ1n) is 6.06. The van der Waals surface area contributed by atoms with E-state index in [0.717, 1.165) is 25.8 Å². The Kier molecular flexibility index (Phi) is 5.61. The summed E-state index contributed by atoms with van der Waals surface area (Å²) in [6, 6.07) is 11.4. The van der Waals surface area contributed by atoms with Crippen molar-refractivity contribution < 1.29 is 9.47 Å². The number of benzene rings is 2. The molecule has 0 atom stereocenters. The largest absolute Gasteiger partial charge is 0.496 e. The van der Waals surface area contributed by atoms with Crippen LogP contribution in [0.25, 0.3) is 0 Å². The lowest BCUT2D eigenvalue weighted by Gasteiger charge is -2.13. The van der Waals surface area contributed by atoms with Crippen molar-refractivity contribution in [2.24, 2.45) is 5.73 Å². The van der Waals surface area contributed by atoms with Crippen LogP contribution in [0.4, 0.5) is 0 Å². The van der Waals surface area contributed by atoms with Crippen LogP contribution in [0, 0.1) is 0 Å². The first-order valence-corrected chi connectivity index (χ1v) is 8.06. The molecule has 6 heteroatoms. The molecule has 110 valence electrons. The fraction of sp³-hybridized carbons (Fsp3) is 0.133. The molecule has 2 aromatic carbocycles. The van der Waals surface area contributed by atoms with E-state index in [0.29, 0.717) is 17.3 Å². The van der Waals surface area contributed by atoms with Crippen molar-refractivity contribution in [3.8, 4) is 11.5 Å². The van der Waals surface area contributed by atoms with Gasteiger partial charge in [-0.05, 0) is 49.6 Å². The van der Waals surface area contributed by atoms with Crippen LogP contribution in [-0.2, 0) is 6.61 Å². The van der Waals surface area contributed by atoms with Crippen molar-refractivity contribution in [3.63, 3.8) is 0 Å². The maximum absolute atomic E-state index is 5.85. The summed E-state index contributed by atoms with van der Waals surface area (Å²) in [6.45, 7) is 0.380. The van der Waals surface area contributed by atoms with Crippen molar-refractivity contribution in [1.29, 1.82) is 0 Å². The second-order valence-corrected chi connectivity index (χ2v) is 6.38. The summed E-state index contributed by atoms with van der Waals surface area (Å²) >= 11 is 12.0. The van der Waals surface area contributed by atoms with Crippen molar-refractivity contribution in [1.82, 2.24) is 0 Å². The van der Waals surface area contributed by atoms with Gasteiger partial charge in [0.2, 0.25) is 0 Å². The third-order valence-electron chi connectivity index (χ3n) is 2.87. The molecule has 0 saturated carbocycles. The first-order chi connectivity index (χ1) is 10.0. The van der Waals surface area contributed by atoms with E-state index in [4.69, 9.17) is 27.4 Å². The smallest absolute Gasteiger partial charge is 0.135 e. The van der Waals surface area contributed by atoms with E-state index in [1.807, 2.05) is 36.4 Å². The molecule has 0 bridgehead atoms. The summed E-state index contributed by atoms with van der Waals surface area (Å²) in [5, 5.41) is 0. The number of thiocarbonyl (C=S) groups is 1. The summed E-state index contributed by atoms with van der Waals surface area (Å²) in [4.78, 5) is 0.365. The van der Waals surface area contributed by atoms with E-state index < -0.39 is 0 Å². The van der Waals surface area contributed by atoms with E-state index in [1.54, 1.807) is 7.11 Å². The number of hydrogen-bond donors (Lipinski definition) is 1. The predicted molar refractivity (Wildman–Crippen MR) is 95.1 cm³/mol. The van der Waals surface area contributed by atoms with Gasteiger partial charge in [-0.2, -0.15) is 0 Å². The second-order valence-electron chi connectivity index (χ2n) is 4.23. The zero-order valence-electron chi connectivity index (χ0n) is 11.2. The molecule has 0 aliphatic heterocycles. The molecule has 0 heterocycles. The lowest BCUT2D eigenvalue weighted by molar-refractivity contribution is 0.303. The Bertz CT molecular complexity index is 677. The van der Waals surface area contributed by atoms with Gasteiger partial charge in [0.1, 0.15) is 23.1 Å². The molecular weight excluding hydrogens is 418 g/mol. The van der Waals surface area contributed by atoms with Gasteiger partial charge in [-0.1, -0.05) is 36.5 Å². The number of hydrogen-bond acceptors (Lipinski definition) is 3. The topological polar surface area (TPSA) is 44.5 Å². The molecule has 0 amide bonds. The lowest BCUT2D eigenvalue weighted by atomic mass is 10.1. The second kappa shape index (κ2) is 7.24. The highest BCUT2D eigenvalue weighted by Gasteiger charge is 2.10. The van der Waals surface area contributed by atoms with Gasteiger partial charge in [-0.15, -0.1) is 0 Å². The van der Waals surface area contributed by atoms with Gasteiger partial charge in [0.15, 0.2) is 0 Å². The van der Waals surface area contributed by atoms with Crippen LogP contribution in [0.2, 0.25) is 0 Å². The zero-order valence-corrected chi connectivity index (χ0v) is 15.2. The van der Waals surface area contributed by atoms with E-state index in [2.05, 4.69) is 31.9 Å². The van der Waals surface area contributed by atoms with Crippen molar-refractivity contribution in [2.45, 2.75) is 6.61 Å². The van der Waals surface area contributed by atoms with Crippen LogP contribution in [0.1, 0.15) is 11.1 Å². The fourth-order valence-electron chi connectivity index (χ4n) is 1.82. The van der Waals surface area contributed by atoms with E-state index in [1.165, 1.54) is 0 Å². The molecule has 0 aromatic heterocycles. The Balaban J connectivity index is 2.21. The van der Waals surface area contributed by atoms with Gasteiger partial charge in [0.05, 0.1) is 16.1 Å². The Hall–Kier alpha value is -1.11. The summed E-state index contributed by atoms with van der Waals surface area (Å²) in [7, 11) is 1.62. The maximum Gasteiger partial charge on any atom is 0.135 e. The van der Waals surface area contributed by atoms with Crippen molar-refractivity contribution in [3.05, 3.63) is 56.5 Å². The van der Waals surface area contributed by atoms with E-state index in [-0.39, 0.29) is 0 Å². The summed E-state index contributed by atoms with van der Waals surface area (Å²) < 4.78 is 12.7. The van der Waals surface area contributed by atoms with Crippen molar-refractivity contribution in [2.75, 3.05) is 7.11 Å². The molecule has 0 aliphatic carbocycles. The standard InChI is InChI=1S/C15H13Br2NO2S/c1-19-13-6-12(17)14(7-11(13)16)20-8-9-4-2-3-5-10(9)15(18)21/h2-7H,8H2,1H3,(H2,18,21). The minimum absolute atomic E-state index is 0.365. The number of ether oxygens (including phenoxy) is 2. The molecule has 0 radical (unpaired) electrons. The third-order valence-corrected chi connectivity index (χ3v) is 4.33. The highest BCUT2D eigenvalue weighted by Crippen LogP contribution is 2.36. The molecule has 2 rings (SSSR count). The Labute approximate surface area is 145 Å². The van der Waals surface area contributed by atoms with E-state index in [9.17, 15) is 0 Å². The molecule has 2 aromatic rings. The number of methoxy groups -OCH3 is 1. The molecule has 0 saturated heterocycles. The van der Waals surface area contributed by atoms with Crippen LogP contribution in [0.15, 0.2) is 45.3 Å². The van der Waals surface area contributed by atoms with Crippen LogP contribution < -0.4 is 15.2 Å². The van der Waals surface area contributed by atoms with Crippen LogP contribution in [0.5, 0.6) is 11.5 Å². The van der Waals surface area contributed by atoms with Gasteiger partial charge in [-0.3, -0.25) is 0 Å². The van der Waals surface area contributed by atoms with Gasteiger partial charge >= 0.3 is 0 Å². The number of rotatable bonds is 5. The highest BCUT2D eigenvalue weighted by atomic mass is 79.9. The Morgan fingerprint density at radius 3 is 2.43 bits per heavy atom. The molecule has 0 unspecified atom stereocenters. The minimum atomic E-state index is 0.365. The van der Waals surface area contributed by atoms with Crippen LogP contribution >= 0.6 is 44.1 Å². The van der Waals surface area contributed by atoms with Crippen LogP contribution in [-0.4, -0.2) is 12.1 Å². The average molecular weight is 431 g/mol. The molecule has 0 spiro atoms. The monoisotopic (exact) mass is 429 g/mol. The molecule has 0 fully saturated rings. The molecule has 2 N–H and O–H groups in total. The SMILES string of the molecule is COc1cc(Br)c(OCc2ccccc2C(N)=S)cc1Br. The van der Waals surface area contributed by atoms with Crippen molar-refractivity contribution >= 4 is 49.1 Å². The summed E-state index contributed by atoms with van der Waals surface area (Å²) in [5.41, 5.74) is 7.50. The third kappa shape index (κ3) is 3.96. The molecule has 21 heavy (non-hydrogen) atoms. The predicted octanol–water partition coefficient (Wildman–Crippen LogP) is 4.43. The number of halogens is 2. The van der Waals surface area contributed by atoms with Gasteiger partial charge < -0.3 is 15.2 Å². The normalized spacial score (nSPS) is 10.2. The molecule has 0 aliphatic rings. The highest BCUT2D eigenvalue weighted by molar-refractivity contribution is 9.11. The summed E-state index contributed by atoms with van der Waals surface area (Å²) in [6.07, 6.45) is 0. The summed E-state index contributed by atoms with van der Waals surface area (Å²) in [5.74, 6) is 1.44. The molecule has 3 nitrogen and oxygen atoms in total. The van der Waals surface area contributed by atoms with Crippen LogP contribution in [0.3, 0.4) is 0 Å². The Morgan fingerprint density at radius 2 is 1.76 bits per heavy atom. The first kappa shape index (κ1) is 16.3. The number of nitrogens with two attached hydrogens (primary N) is 1. The van der Waals surface area contributed by atoms with Gasteiger partial charge in [0.25, 0.3) is 0 Å². The fourth-order valence-corrected chi connectivity index (χ4v) is 2.94. The van der Waals surface area contributed by atoms with Gasteiger partial charge in [0, 0.05) is 5.56 Å². The average Bonchev–Trinajstić information content (AvgIpc) is 2.47.